The zero-order chi connectivity index (χ0) is 39.7. The summed E-state index contributed by atoms with van der Waals surface area (Å²) in [6.07, 6.45) is 6.27. The van der Waals surface area contributed by atoms with Gasteiger partial charge in [-0.25, -0.2) is 14.6 Å². The van der Waals surface area contributed by atoms with E-state index in [-0.39, 0.29) is 30.2 Å². The fourth-order valence-corrected chi connectivity index (χ4v) is 8.16. The molecule has 4 atom stereocenters. The van der Waals surface area contributed by atoms with Crippen molar-refractivity contribution in [1.29, 1.82) is 0 Å². The summed E-state index contributed by atoms with van der Waals surface area (Å²) in [5, 5.41) is 12.1. The second-order valence-electron chi connectivity index (χ2n) is 15.9. The van der Waals surface area contributed by atoms with Crippen LogP contribution in [0.1, 0.15) is 75.5 Å². The number of nitrogens with one attached hydrogen (secondary N) is 4. The van der Waals surface area contributed by atoms with Gasteiger partial charge in [-0.2, -0.15) is 0 Å². The van der Waals surface area contributed by atoms with Gasteiger partial charge in [0.2, 0.25) is 0 Å². The maximum atomic E-state index is 13.9. The molecule has 8 rings (SSSR count). The topological polar surface area (TPSA) is 141 Å². The number of aromatic nitrogens is 2. The number of imidazole rings is 1. The van der Waals surface area contributed by atoms with Crippen LogP contribution < -0.4 is 16.0 Å². The van der Waals surface area contributed by atoms with Gasteiger partial charge in [-0.1, -0.05) is 78.9 Å². The van der Waals surface area contributed by atoms with Gasteiger partial charge in [0.1, 0.15) is 23.6 Å². The van der Waals surface area contributed by atoms with Crippen LogP contribution >= 0.6 is 0 Å². The fourth-order valence-electron chi connectivity index (χ4n) is 8.16. The lowest BCUT2D eigenvalue weighted by Crippen LogP contribution is -2.52. The molecule has 3 aliphatic rings. The van der Waals surface area contributed by atoms with E-state index in [4.69, 9.17) is 14.5 Å². The number of carbonyl (C=O) groups is 3. The molecule has 4 N–H and O–H groups in total. The van der Waals surface area contributed by atoms with Crippen LogP contribution in [0.3, 0.4) is 0 Å². The molecule has 12 heteroatoms. The van der Waals surface area contributed by atoms with Crippen LogP contribution in [0.4, 0.5) is 9.59 Å². The van der Waals surface area contributed by atoms with Crippen molar-refractivity contribution < 1.29 is 23.9 Å². The minimum Gasteiger partial charge on any atom is -0.453 e. The molecule has 0 spiro atoms. The maximum Gasteiger partial charge on any atom is 0.410 e. The summed E-state index contributed by atoms with van der Waals surface area (Å²) in [5.74, 6) is 0.517. The summed E-state index contributed by atoms with van der Waals surface area (Å²) in [7, 11) is 1.29. The number of ether oxygens (including phenoxy) is 2. The Morgan fingerprint density at radius 2 is 1.49 bits per heavy atom. The summed E-state index contributed by atoms with van der Waals surface area (Å²) in [5.41, 5.74) is 6.30. The average molecular weight is 768 g/mol. The third kappa shape index (κ3) is 8.03. The molecular weight excluding hydrogens is 719 g/mol. The van der Waals surface area contributed by atoms with Crippen molar-refractivity contribution in [3.05, 3.63) is 120 Å². The normalized spacial score (nSPS) is 19.8. The Morgan fingerprint density at radius 3 is 2.23 bits per heavy atom. The van der Waals surface area contributed by atoms with Crippen molar-refractivity contribution in [2.75, 3.05) is 20.2 Å². The van der Waals surface area contributed by atoms with Gasteiger partial charge in [-0.15, -0.1) is 0 Å². The molecule has 0 radical (unpaired) electrons. The minimum atomic E-state index is -0.869. The molecule has 2 saturated heterocycles. The standard InChI is InChI=1S/C45H49N7O5/c1-45(2,3)57-44(55)52-23-9-13-38(52)41-47-27-36(49-41)34-21-20-32-24-31(18-19-33(32)25-34)28-14-16-29(17-15-28)35-26-46-40(48-35)37-12-8-22-51(37)42(53)39(50-43(54)56-4)30-10-6-5-7-11-30/h5-7,10-11,14-21,24-27,37-39,41,47,49H,8-9,12-13,22-23H2,1-4H3,(H,46,48)(H,50,54)/t37-,38-,39+,41?/m0/s1. The van der Waals surface area contributed by atoms with Crippen LogP contribution in [0.2, 0.25) is 0 Å². The quantitative estimate of drug-likeness (QED) is 0.125. The largest absolute Gasteiger partial charge is 0.453 e. The fraction of sp³-hybridized carbons (Fsp3) is 0.333. The third-order valence-corrected chi connectivity index (χ3v) is 11.0. The molecule has 5 aromatic rings. The van der Waals surface area contributed by atoms with Crippen LogP contribution in [0, 0.1) is 0 Å². The van der Waals surface area contributed by atoms with Gasteiger partial charge in [-0.3, -0.25) is 4.79 Å². The van der Waals surface area contributed by atoms with Crippen molar-refractivity contribution in [3.8, 4) is 22.4 Å². The first kappa shape index (κ1) is 37.6. The molecule has 3 amide bonds. The Bertz CT molecular complexity index is 2300. The van der Waals surface area contributed by atoms with E-state index in [0.29, 0.717) is 18.7 Å². The number of likely N-dealkylation sites (tertiary alicyclic amines) is 2. The van der Waals surface area contributed by atoms with E-state index < -0.39 is 17.7 Å². The summed E-state index contributed by atoms with van der Waals surface area (Å²) < 4.78 is 10.5. The molecule has 3 aliphatic heterocycles. The van der Waals surface area contributed by atoms with Gasteiger partial charge < -0.3 is 40.2 Å². The van der Waals surface area contributed by atoms with Crippen molar-refractivity contribution >= 4 is 34.6 Å². The zero-order valence-electron chi connectivity index (χ0n) is 32.7. The van der Waals surface area contributed by atoms with E-state index in [1.54, 1.807) is 4.90 Å². The summed E-state index contributed by atoms with van der Waals surface area (Å²) in [6, 6.07) is 29.5. The lowest BCUT2D eigenvalue weighted by Gasteiger charge is -2.32. The number of carbonyl (C=O) groups excluding carboxylic acids is 3. The third-order valence-electron chi connectivity index (χ3n) is 11.0. The molecule has 1 aromatic heterocycles. The van der Waals surface area contributed by atoms with E-state index in [0.717, 1.165) is 75.9 Å². The molecule has 4 aromatic carbocycles. The SMILES string of the molecule is COC(=O)N[C@@H](C(=O)N1CCC[C@H]1c1ncc(-c2ccc(-c3ccc4cc(C5=CNC([C@@H]6CCCN6C(=O)OC(C)(C)C)N5)ccc4c3)cc2)[nH]1)c1ccccc1. The van der Waals surface area contributed by atoms with Crippen LogP contribution in [0.5, 0.6) is 0 Å². The first-order valence-corrected chi connectivity index (χ1v) is 19.7. The molecular formula is C45H49N7O5. The van der Waals surface area contributed by atoms with Crippen LogP contribution in [0.25, 0.3) is 38.9 Å². The number of H-pyrrole nitrogens is 1. The number of rotatable bonds is 8. The number of nitrogens with zero attached hydrogens (tertiary/aromatic N) is 3. The van der Waals surface area contributed by atoms with Gasteiger partial charge in [0.25, 0.3) is 5.91 Å². The highest BCUT2D eigenvalue weighted by Gasteiger charge is 2.39. The first-order valence-electron chi connectivity index (χ1n) is 19.7. The molecule has 0 bridgehead atoms. The van der Waals surface area contributed by atoms with Gasteiger partial charge >= 0.3 is 12.2 Å². The van der Waals surface area contributed by atoms with E-state index >= 15 is 0 Å². The van der Waals surface area contributed by atoms with Crippen molar-refractivity contribution in [2.45, 2.75) is 76.3 Å². The van der Waals surface area contributed by atoms with E-state index in [1.807, 2.05) is 68.4 Å². The Labute approximate surface area is 332 Å². The first-order chi connectivity index (χ1) is 27.5. The number of hydrogen-bond acceptors (Lipinski definition) is 8. The molecule has 0 saturated carbocycles. The smallest absolute Gasteiger partial charge is 0.410 e. The minimum absolute atomic E-state index is 0.00287. The summed E-state index contributed by atoms with van der Waals surface area (Å²) in [4.78, 5) is 50.8. The van der Waals surface area contributed by atoms with E-state index in [9.17, 15) is 14.4 Å². The Balaban J connectivity index is 0.925. The zero-order valence-corrected chi connectivity index (χ0v) is 32.7. The predicted octanol–water partition coefficient (Wildman–Crippen LogP) is 7.87. The number of methoxy groups -OCH3 is 1. The number of fused-ring (bicyclic) bond motifs is 1. The second-order valence-corrected chi connectivity index (χ2v) is 15.9. The molecule has 294 valence electrons. The van der Waals surface area contributed by atoms with E-state index in [1.165, 1.54) is 7.11 Å². The van der Waals surface area contributed by atoms with Gasteiger partial charge in [-0.05, 0) is 97.2 Å². The number of amides is 3. The highest BCUT2D eigenvalue weighted by atomic mass is 16.6. The molecule has 0 aliphatic carbocycles. The Hall–Kier alpha value is -6.30. The summed E-state index contributed by atoms with van der Waals surface area (Å²) >= 11 is 0. The monoisotopic (exact) mass is 767 g/mol. The molecule has 57 heavy (non-hydrogen) atoms. The van der Waals surface area contributed by atoms with Crippen LogP contribution in [-0.2, 0) is 14.3 Å². The number of alkyl carbamates (subject to hydrolysis) is 1. The Kier molecular flexibility index (Phi) is 10.3. The molecule has 1 unspecified atom stereocenters. The van der Waals surface area contributed by atoms with Gasteiger partial charge in [0.05, 0.1) is 36.8 Å². The molecule has 4 heterocycles. The lowest BCUT2D eigenvalue weighted by molar-refractivity contribution is -0.134. The summed E-state index contributed by atoms with van der Waals surface area (Å²) in [6.45, 7) is 6.95. The second kappa shape index (κ2) is 15.7. The van der Waals surface area contributed by atoms with Crippen LogP contribution in [0.15, 0.2) is 103 Å². The maximum absolute atomic E-state index is 13.9. The molecule has 2 fully saturated rings. The van der Waals surface area contributed by atoms with Crippen molar-refractivity contribution in [2.24, 2.45) is 0 Å². The lowest BCUT2D eigenvalue weighted by atomic mass is 9.98. The number of hydrogen-bond donors (Lipinski definition) is 4. The van der Waals surface area contributed by atoms with Gasteiger partial charge in [0.15, 0.2) is 0 Å². The predicted molar refractivity (Wildman–Crippen MR) is 219 cm³/mol. The Morgan fingerprint density at radius 1 is 0.825 bits per heavy atom. The molecule has 12 nitrogen and oxygen atoms in total. The van der Waals surface area contributed by atoms with Gasteiger partial charge in [0, 0.05) is 19.3 Å². The number of benzene rings is 4. The van der Waals surface area contributed by atoms with Crippen molar-refractivity contribution in [1.82, 2.24) is 35.7 Å². The van der Waals surface area contributed by atoms with Crippen LogP contribution in [-0.4, -0.2) is 75.9 Å². The van der Waals surface area contributed by atoms with Crippen molar-refractivity contribution in [3.63, 3.8) is 0 Å². The number of aromatic amines is 1. The average Bonchev–Trinajstić information content (AvgIpc) is 4.06. The highest BCUT2D eigenvalue weighted by Crippen LogP contribution is 2.35. The van der Waals surface area contributed by atoms with E-state index in [2.05, 4.69) is 81.6 Å². The highest BCUT2D eigenvalue weighted by molar-refractivity contribution is 5.90.